The maximum Gasteiger partial charge on any atom is 0.236 e. The summed E-state index contributed by atoms with van der Waals surface area (Å²) in [7, 11) is 4.93. The zero-order valence-corrected chi connectivity index (χ0v) is 11.3. The Kier molecular flexibility index (Phi) is 4.88. The van der Waals surface area contributed by atoms with Gasteiger partial charge in [-0.1, -0.05) is 0 Å². The predicted molar refractivity (Wildman–Crippen MR) is 70.3 cm³/mol. The summed E-state index contributed by atoms with van der Waals surface area (Å²) < 4.78 is 0. The van der Waals surface area contributed by atoms with Crippen molar-refractivity contribution in [1.29, 1.82) is 0 Å². The fourth-order valence-corrected chi connectivity index (χ4v) is 1.51. The fourth-order valence-electron chi connectivity index (χ4n) is 1.51. The van der Waals surface area contributed by atoms with Crippen LogP contribution in [0.4, 0.5) is 0 Å². The second-order valence-electron chi connectivity index (χ2n) is 4.59. The molecule has 0 spiro atoms. The number of carbonyl (C=O) groups excluding carboxylic acids is 2. The second-order valence-corrected chi connectivity index (χ2v) is 4.59. The minimum atomic E-state index is -0.313. The largest absolute Gasteiger partial charge is 0.508 e. The highest BCUT2D eigenvalue weighted by molar-refractivity contribution is 6.00. The van der Waals surface area contributed by atoms with Crippen molar-refractivity contribution >= 4 is 11.7 Å². The van der Waals surface area contributed by atoms with Gasteiger partial charge in [-0.05, 0) is 19.2 Å². The summed E-state index contributed by atoms with van der Waals surface area (Å²) in [6, 6.07) is 3.80. The third-order valence-corrected chi connectivity index (χ3v) is 2.60. The average molecular weight is 266 g/mol. The fraction of sp³-hybridized carbons (Fsp3) is 0.385. The lowest BCUT2D eigenvalue weighted by Gasteiger charge is -2.18. The molecule has 1 aromatic carbocycles. The summed E-state index contributed by atoms with van der Waals surface area (Å²) in [4.78, 5) is 26.4. The van der Waals surface area contributed by atoms with Crippen LogP contribution >= 0.6 is 0 Å². The number of aromatic hydroxyl groups is 2. The average Bonchev–Trinajstić information content (AvgIpc) is 2.27. The summed E-state index contributed by atoms with van der Waals surface area (Å²) >= 11 is 0. The Morgan fingerprint density at radius 1 is 1.11 bits per heavy atom. The smallest absolute Gasteiger partial charge is 0.236 e. The molecule has 19 heavy (non-hydrogen) atoms. The van der Waals surface area contributed by atoms with E-state index in [0.29, 0.717) is 0 Å². The van der Waals surface area contributed by atoms with Crippen LogP contribution in [0.1, 0.15) is 10.4 Å². The van der Waals surface area contributed by atoms with E-state index in [2.05, 4.69) is 0 Å². The third-order valence-electron chi connectivity index (χ3n) is 2.60. The number of nitrogens with zero attached hydrogens (tertiary/aromatic N) is 2. The first-order valence-electron chi connectivity index (χ1n) is 5.75. The Morgan fingerprint density at radius 3 is 2.26 bits per heavy atom. The minimum Gasteiger partial charge on any atom is -0.508 e. The standard InChI is InChI=1S/C13H18N2O4/c1-14(2)13(19)8-15(3)7-12(18)10-5-4-9(16)6-11(10)17/h4-6,16-17H,7-8H2,1-3H3. The maximum absolute atomic E-state index is 11.9. The van der Waals surface area contributed by atoms with Crippen molar-refractivity contribution in [3.8, 4) is 11.5 Å². The SMILES string of the molecule is CN(CC(=O)c1ccc(O)cc1O)CC(=O)N(C)C. The molecule has 6 nitrogen and oxygen atoms in total. The molecule has 0 unspecified atom stereocenters. The Balaban J connectivity index is 2.66. The lowest BCUT2D eigenvalue weighted by Crippen LogP contribution is -2.36. The highest BCUT2D eigenvalue weighted by atomic mass is 16.3. The topological polar surface area (TPSA) is 81.1 Å². The molecular formula is C13H18N2O4. The number of Topliss-reactive ketones (excluding diaryl/α,β-unsaturated/α-hetero) is 1. The van der Waals surface area contributed by atoms with Gasteiger partial charge in [-0.25, -0.2) is 0 Å². The van der Waals surface area contributed by atoms with Crippen molar-refractivity contribution in [2.45, 2.75) is 0 Å². The van der Waals surface area contributed by atoms with E-state index in [-0.39, 0.29) is 41.8 Å². The highest BCUT2D eigenvalue weighted by Crippen LogP contribution is 2.22. The van der Waals surface area contributed by atoms with Crippen molar-refractivity contribution in [2.24, 2.45) is 0 Å². The van der Waals surface area contributed by atoms with Gasteiger partial charge < -0.3 is 15.1 Å². The van der Waals surface area contributed by atoms with E-state index < -0.39 is 0 Å². The van der Waals surface area contributed by atoms with E-state index in [0.717, 1.165) is 6.07 Å². The highest BCUT2D eigenvalue weighted by Gasteiger charge is 2.16. The van der Waals surface area contributed by atoms with E-state index in [4.69, 9.17) is 5.11 Å². The summed E-state index contributed by atoms with van der Waals surface area (Å²) in [6.45, 7) is 0.134. The van der Waals surface area contributed by atoms with Crippen LogP contribution in [-0.2, 0) is 4.79 Å². The van der Waals surface area contributed by atoms with Crippen LogP contribution < -0.4 is 0 Å². The number of benzene rings is 1. The molecule has 0 aliphatic carbocycles. The van der Waals surface area contributed by atoms with E-state index >= 15 is 0 Å². The van der Waals surface area contributed by atoms with Crippen molar-refractivity contribution in [3.05, 3.63) is 23.8 Å². The lowest BCUT2D eigenvalue weighted by atomic mass is 10.1. The molecule has 0 aliphatic heterocycles. The van der Waals surface area contributed by atoms with Gasteiger partial charge >= 0.3 is 0 Å². The Labute approximate surface area is 111 Å². The van der Waals surface area contributed by atoms with Crippen molar-refractivity contribution in [1.82, 2.24) is 9.80 Å². The number of amides is 1. The van der Waals surface area contributed by atoms with Gasteiger partial charge in [0.1, 0.15) is 11.5 Å². The van der Waals surface area contributed by atoms with E-state index in [9.17, 15) is 14.7 Å². The van der Waals surface area contributed by atoms with Gasteiger partial charge in [0.25, 0.3) is 0 Å². The van der Waals surface area contributed by atoms with Crippen LogP contribution in [0.2, 0.25) is 0 Å². The number of likely N-dealkylation sites (N-methyl/N-ethyl adjacent to an activating group) is 2. The normalized spacial score (nSPS) is 10.5. The van der Waals surface area contributed by atoms with Crippen LogP contribution in [0.3, 0.4) is 0 Å². The Morgan fingerprint density at radius 2 is 1.74 bits per heavy atom. The lowest BCUT2D eigenvalue weighted by molar-refractivity contribution is -0.129. The van der Waals surface area contributed by atoms with Crippen molar-refractivity contribution in [3.63, 3.8) is 0 Å². The minimum absolute atomic E-state index is 0.0118. The van der Waals surface area contributed by atoms with Crippen molar-refractivity contribution in [2.75, 3.05) is 34.2 Å². The van der Waals surface area contributed by atoms with Crippen LogP contribution in [0, 0.1) is 0 Å². The summed E-state index contributed by atoms with van der Waals surface area (Å²) in [5.41, 5.74) is 0.127. The van der Waals surface area contributed by atoms with E-state index in [1.54, 1.807) is 26.0 Å². The van der Waals surface area contributed by atoms with Crippen LogP contribution in [0.15, 0.2) is 18.2 Å². The summed E-state index contributed by atoms with van der Waals surface area (Å²) in [6.07, 6.45) is 0. The number of rotatable bonds is 5. The summed E-state index contributed by atoms with van der Waals surface area (Å²) in [5.74, 6) is -0.792. The number of carbonyl (C=O) groups is 2. The summed E-state index contributed by atoms with van der Waals surface area (Å²) in [5, 5.41) is 18.7. The van der Waals surface area contributed by atoms with Gasteiger partial charge in [-0.2, -0.15) is 0 Å². The molecule has 0 aromatic heterocycles. The molecule has 1 amide bonds. The zero-order chi connectivity index (χ0) is 14.6. The molecule has 1 aromatic rings. The monoisotopic (exact) mass is 266 g/mol. The molecule has 1 rings (SSSR count). The first kappa shape index (κ1) is 15.0. The van der Waals surface area contributed by atoms with Gasteiger partial charge in [0.05, 0.1) is 18.7 Å². The van der Waals surface area contributed by atoms with E-state index in [1.807, 2.05) is 0 Å². The molecule has 0 bridgehead atoms. The number of hydrogen-bond acceptors (Lipinski definition) is 5. The Bertz CT molecular complexity index is 486. The molecule has 6 heteroatoms. The Hall–Kier alpha value is -2.08. The quantitative estimate of drug-likeness (QED) is 0.749. The first-order valence-corrected chi connectivity index (χ1v) is 5.75. The molecule has 0 heterocycles. The van der Waals surface area contributed by atoms with Crippen LogP contribution in [-0.4, -0.2) is 65.9 Å². The molecular weight excluding hydrogens is 248 g/mol. The molecule has 0 saturated carbocycles. The predicted octanol–water partition coefficient (Wildman–Crippen LogP) is 0.300. The second kappa shape index (κ2) is 6.19. The van der Waals surface area contributed by atoms with Gasteiger partial charge in [0, 0.05) is 20.2 Å². The van der Waals surface area contributed by atoms with Gasteiger partial charge in [-0.3, -0.25) is 14.5 Å². The molecule has 0 atom stereocenters. The molecule has 0 saturated heterocycles. The molecule has 104 valence electrons. The molecule has 2 N–H and O–H groups in total. The maximum atomic E-state index is 11.9. The van der Waals surface area contributed by atoms with Crippen LogP contribution in [0.5, 0.6) is 11.5 Å². The number of hydrogen-bond donors (Lipinski definition) is 2. The van der Waals surface area contributed by atoms with Crippen LogP contribution in [0.25, 0.3) is 0 Å². The van der Waals surface area contributed by atoms with Gasteiger partial charge in [0.15, 0.2) is 5.78 Å². The molecule has 0 radical (unpaired) electrons. The number of phenols is 2. The van der Waals surface area contributed by atoms with Gasteiger partial charge in [0.2, 0.25) is 5.91 Å². The molecule has 0 fully saturated rings. The van der Waals surface area contributed by atoms with Crippen molar-refractivity contribution < 1.29 is 19.8 Å². The zero-order valence-electron chi connectivity index (χ0n) is 11.3. The first-order chi connectivity index (χ1) is 8.81. The number of phenolic OH excluding ortho intramolecular Hbond substituents is 2. The number of ketones is 1. The molecule has 0 aliphatic rings. The van der Waals surface area contributed by atoms with E-state index in [1.165, 1.54) is 17.0 Å². The third kappa shape index (κ3) is 4.26. The van der Waals surface area contributed by atoms with Gasteiger partial charge in [-0.15, -0.1) is 0 Å².